The fourth-order valence-electron chi connectivity index (χ4n) is 1.87. The highest BCUT2D eigenvalue weighted by Gasteiger charge is 2.45. The number of nitrogens with one attached hydrogen (secondary N) is 1. The molecule has 98 valence electrons. The molecule has 0 aromatic rings. The normalized spacial score (nSPS) is 18.1. The molecule has 0 aromatic carbocycles. The van der Waals surface area contributed by atoms with E-state index in [1.165, 1.54) is 0 Å². The molecule has 0 aromatic heterocycles. The lowest BCUT2D eigenvalue weighted by atomic mass is 9.73. The van der Waals surface area contributed by atoms with Gasteiger partial charge in [0.25, 0.3) is 0 Å². The number of alkyl carbamates (subject to hydrolysis) is 1. The van der Waals surface area contributed by atoms with Crippen LogP contribution >= 0.6 is 0 Å². The Balaban J connectivity index is 2.58. The van der Waals surface area contributed by atoms with E-state index in [4.69, 9.17) is 10.5 Å². The quantitative estimate of drug-likeness (QED) is 0.779. The third-order valence-electron chi connectivity index (χ3n) is 2.85. The van der Waals surface area contributed by atoms with Gasteiger partial charge in [-0.15, -0.1) is 0 Å². The van der Waals surface area contributed by atoms with Crippen LogP contribution in [0.2, 0.25) is 0 Å². The first-order valence-electron chi connectivity index (χ1n) is 6.04. The van der Waals surface area contributed by atoms with Gasteiger partial charge in [-0.25, -0.2) is 4.79 Å². The minimum absolute atomic E-state index is 0.0112. The summed E-state index contributed by atoms with van der Waals surface area (Å²) in [5.74, 6) is 0.0112. The predicted octanol–water partition coefficient (Wildman–Crippen LogP) is 1.35. The summed E-state index contributed by atoms with van der Waals surface area (Å²) in [5, 5.41) is 2.70. The topological polar surface area (TPSA) is 81.4 Å². The summed E-state index contributed by atoms with van der Waals surface area (Å²) in [4.78, 5) is 23.6. The standard InChI is InChI=1S/C12H22N2O3/c1-11(2,3)17-10(16)14-12(6-4-7-12)9(15)5-8-13/h4-8,13H2,1-3H3,(H,14,16). The molecule has 1 rings (SSSR count). The van der Waals surface area contributed by atoms with Crippen LogP contribution in [0.4, 0.5) is 4.79 Å². The van der Waals surface area contributed by atoms with E-state index in [0.29, 0.717) is 25.8 Å². The van der Waals surface area contributed by atoms with Crippen molar-refractivity contribution in [2.24, 2.45) is 5.73 Å². The Morgan fingerprint density at radius 2 is 1.94 bits per heavy atom. The second-order valence-electron chi connectivity index (χ2n) is 5.52. The lowest BCUT2D eigenvalue weighted by Crippen LogP contribution is -2.60. The maximum Gasteiger partial charge on any atom is 0.408 e. The number of rotatable bonds is 4. The van der Waals surface area contributed by atoms with Crippen LogP contribution in [0.1, 0.15) is 46.5 Å². The van der Waals surface area contributed by atoms with Gasteiger partial charge in [0.15, 0.2) is 5.78 Å². The Hall–Kier alpha value is -1.10. The van der Waals surface area contributed by atoms with Gasteiger partial charge in [0, 0.05) is 6.42 Å². The summed E-state index contributed by atoms with van der Waals surface area (Å²) >= 11 is 0. The van der Waals surface area contributed by atoms with Crippen molar-refractivity contribution < 1.29 is 14.3 Å². The van der Waals surface area contributed by atoms with Crippen molar-refractivity contribution in [1.82, 2.24) is 5.32 Å². The second-order valence-corrected chi connectivity index (χ2v) is 5.52. The van der Waals surface area contributed by atoms with Crippen LogP contribution in [0.5, 0.6) is 0 Å². The van der Waals surface area contributed by atoms with E-state index >= 15 is 0 Å². The van der Waals surface area contributed by atoms with Crippen molar-refractivity contribution in [3.05, 3.63) is 0 Å². The zero-order chi connectivity index (χ0) is 13.1. The number of carbonyl (C=O) groups excluding carboxylic acids is 2. The number of Topliss-reactive ketones (excluding diaryl/α,β-unsaturated/α-hetero) is 1. The van der Waals surface area contributed by atoms with Gasteiger partial charge in [-0.3, -0.25) is 4.79 Å². The van der Waals surface area contributed by atoms with Gasteiger partial charge in [-0.05, 0) is 46.6 Å². The van der Waals surface area contributed by atoms with Gasteiger partial charge in [0.1, 0.15) is 11.1 Å². The lowest BCUT2D eigenvalue weighted by Gasteiger charge is -2.41. The molecule has 17 heavy (non-hydrogen) atoms. The lowest BCUT2D eigenvalue weighted by molar-refractivity contribution is -0.128. The largest absolute Gasteiger partial charge is 0.444 e. The van der Waals surface area contributed by atoms with Crippen LogP contribution in [-0.4, -0.2) is 29.6 Å². The maximum atomic E-state index is 11.9. The zero-order valence-corrected chi connectivity index (χ0v) is 10.8. The highest BCUT2D eigenvalue weighted by molar-refractivity contribution is 5.92. The molecule has 1 aliphatic rings. The predicted molar refractivity (Wildman–Crippen MR) is 64.6 cm³/mol. The molecule has 0 aliphatic heterocycles. The Bertz CT molecular complexity index is 303. The highest BCUT2D eigenvalue weighted by atomic mass is 16.6. The Morgan fingerprint density at radius 3 is 2.29 bits per heavy atom. The van der Waals surface area contributed by atoms with Crippen molar-refractivity contribution in [2.75, 3.05) is 6.54 Å². The Labute approximate surface area is 102 Å². The molecule has 0 spiro atoms. The fraction of sp³-hybridized carbons (Fsp3) is 0.833. The van der Waals surface area contributed by atoms with E-state index < -0.39 is 17.2 Å². The molecular formula is C12H22N2O3. The van der Waals surface area contributed by atoms with Crippen molar-refractivity contribution in [3.63, 3.8) is 0 Å². The zero-order valence-electron chi connectivity index (χ0n) is 10.8. The average molecular weight is 242 g/mol. The van der Waals surface area contributed by atoms with Crippen LogP contribution in [0, 0.1) is 0 Å². The number of hydrogen-bond donors (Lipinski definition) is 2. The van der Waals surface area contributed by atoms with Gasteiger partial charge in [0.2, 0.25) is 0 Å². The molecule has 1 aliphatic carbocycles. The number of ketones is 1. The molecule has 3 N–H and O–H groups in total. The minimum Gasteiger partial charge on any atom is -0.444 e. The van der Waals surface area contributed by atoms with Crippen LogP contribution in [0.15, 0.2) is 0 Å². The van der Waals surface area contributed by atoms with Crippen molar-refractivity contribution in [3.8, 4) is 0 Å². The fourth-order valence-corrected chi connectivity index (χ4v) is 1.87. The molecular weight excluding hydrogens is 220 g/mol. The number of nitrogens with two attached hydrogens (primary N) is 1. The van der Waals surface area contributed by atoms with Crippen LogP contribution in [-0.2, 0) is 9.53 Å². The smallest absolute Gasteiger partial charge is 0.408 e. The van der Waals surface area contributed by atoms with Gasteiger partial charge in [-0.2, -0.15) is 0 Å². The third-order valence-corrected chi connectivity index (χ3v) is 2.85. The van der Waals surface area contributed by atoms with E-state index in [2.05, 4.69) is 5.32 Å². The first-order chi connectivity index (χ1) is 7.79. The van der Waals surface area contributed by atoms with Gasteiger partial charge < -0.3 is 15.8 Å². The minimum atomic E-state index is -0.721. The molecule has 5 nitrogen and oxygen atoms in total. The molecule has 0 unspecified atom stereocenters. The van der Waals surface area contributed by atoms with Gasteiger partial charge in [-0.1, -0.05) is 0 Å². The molecule has 0 atom stereocenters. The van der Waals surface area contributed by atoms with E-state index in [-0.39, 0.29) is 5.78 Å². The van der Waals surface area contributed by atoms with Crippen molar-refractivity contribution in [2.45, 2.75) is 57.6 Å². The van der Waals surface area contributed by atoms with E-state index in [1.807, 2.05) is 0 Å². The molecule has 1 amide bonds. The molecule has 0 bridgehead atoms. The van der Waals surface area contributed by atoms with E-state index in [1.54, 1.807) is 20.8 Å². The SMILES string of the molecule is CC(C)(C)OC(=O)NC1(C(=O)CCN)CCC1. The molecule has 5 heteroatoms. The average Bonchev–Trinajstić information content (AvgIpc) is 2.08. The van der Waals surface area contributed by atoms with Gasteiger partial charge in [0.05, 0.1) is 0 Å². The van der Waals surface area contributed by atoms with Gasteiger partial charge >= 0.3 is 6.09 Å². The molecule has 1 fully saturated rings. The van der Waals surface area contributed by atoms with Crippen molar-refractivity contribution in [1.29, 1.82) is 0 Å². The summed E-state index contributed by atoms with van der Waals surface area (Å²) in [7, 11) is 0. The first kappa shape index (κ1) is 14.0. The summed E-state index contributed by atoms with van der Waals surface area (Å²) < 4.78 is 5.16. The van der Waals surface area contributed by atoms with Crippen LogP contribution in [0.25, 0.3) is 0 Å². The number of carbonyl (C=O) groups is 2. The maximum absolute atomic E-state index is 11.9. The summed E-state index contributed by atoms with van der Waals surface area (Å²) in [6, 6.07) is 0. The molecule has 0 heterocycles. The highest BCUT2D eigenvalue weighted by Crippen LogP contribution is 2.33. The van der Waals surface area contributed by atoms with Crippen molar-refractivity contribution >= 4 is 11.9 Å². The second kappa shape index (κ2) is 5.04. The Kier molecular flexibility index (Phi) is 4.14. The summed E-state index contributed by atoms with van der Waals surface area (Å²) in [6.45, 7) is 5.70. The van der Waals surface area contributed by atoms with Crippen LogP contribution in [0.3, 0.4) is 0 Å². The van der Waals surface area contributed by atoms with E-state index in [0.717, 1.165) is 6.42 Å². The number of ether oxygens (including phenoxy) is 1. The summed E-state index contributed by atoms with van der Waals surface area (Å²) in [5.41, 5.74) is 4.10. The molecule has 0 radical (unpaired) electrons. The monoisotopic (exact) mass is 242 g/mol. The Morgan fingerprint density at radius 1 is 1.35 bits per heavy atom. The number of hydrogen-bond acceptors (Lipinski definition) is 4. The third kappa shape index (κ3) is 3.70. The van der Waals surface area contributed by atoms with Crippen LogP contribution < -0.4 is 11.1 Å². The molecule has 0 saturated heterocycles. The molecule has 1 saturated carbocycles. The number of amides is 1. The first-order valence-corrected chi connectivity index (χ1v) is 6.04. The summed E-state index contributed by atoms with van der Waals surface area (Å²) in [6.07, 6.45) is 2.10. The van der Waals surface area contributed by atoms with E-state index in [9.17, 15) is 9.59 Å².